The molecule has 0 aliphatic heterocycles. The summed E-state index contributed by atoms with van der Waals surface area (Å²) >= 11 is 0. The number of rotatable bonds is 3. The molecule has 0 bridgehead atoms. The van der Waals surface area contributed by atoms with Crippen LogP contribution in [0.15, 0.2) is 48.7 Å². The summed E-state index contributed by atoms with van der Waals surface area (Å²) < 4.78 is 21.0. The van der Waals surface area contributed by atoms with Crippen LogP contribution in [-0.2, 0) is 6.54 Å². The zero-order chi connectivity index (χ0) is 14.8. The average Bonchev–Trinajstić information content (AvgIpc) is 2.92. The van der Waals surface area contributed by atoms with E-state index in [0.29, 0.717) is 23.2 Å². The van der Waals surface area contributed by atoms with Crippen LogP contribution >= 0.6 is 0 Å². The Labute approximate surface area is 121 Å². The lowest BCUT2D eigenvalue weighted by molar-refractivity contribution is 0.408. The second-order valence-corrected chi connectivity index (χ2v) is 4.75. The predicted molar refractivity (Wildman–Crippen MR) is 78.7 cm³/mol. The molecule has 0 radical (unpaired) electrons. The first-order chi connectivity index (χ1) is 10.2. The number of ether oxygens (including phenoxy) is 1. The maximum atomic E-state index is 13.7. The molecule has 0 unspecified atom stereocenters. The molecule has 21 heavy (non-hydrogen) atoms. The fourth-order valence-corrected chi connectivity index (χ4v) is 2.48. The van der Waals surface area contributed by atoms with Crippen molar-refractivity contribution in [2.75, 3.05) is 7.11 Å². The van der Waals surface area contributed by atoms with Crippen molar-refractivity contribution in [1.29, 1.82) is 5.26 Å². The fraction of sp³-hybridized carbons (Fsp3) is 0.118. The van der Waals surface area contributed by atoms with E-state index in [1.165, 1.54) is 6.07 Å². The minimum absolute atomic E-state index is 0.232. The van der Waals surface area contributed by atoms with Gasteiger partial charge in [0, 0.05) is 17.1 Å². The van der Waals surface area contributed by atoms with Crippen LogP contribution in [-0.4, -0.2) is 11.7 Å². The molecule has 2 aromatic carbocycles. The van der Waals surface area contributed by atoms with Crippen LogP contribution in [0.5, 0.6) is 5.75 Å². The monoisotopic (exact) mass is 280 g/mol. The summed E-state index contributed by atoms with van der Waals surface area (Å²) in [5, 5.41) is 9.60. The summed E-state index contributed by atoms with van der Waals surface area (Å²) in [5.74, 6) is 0.483. The molecule has 3 aromatic rings. The third kappa shape index (κ3) is 2.34. The number of benzene rings is 2. The van der Waals surface area contributed by atoms with E-state index in [-0.39, 0.29) is 5.82 Å². The lowest BCUT2D eigenvalue weighted by Crippen LogP contribution is -2.01. The van der Waals surface area contributed by atoms with Crippen molar-refractivity contribution in [3.8, 4) is 11.8 Å². The SMILES string of the molecule is COc1ccc(C#N)cc1Cn1ccc2c(F)cccc21. The Kier molecular flexibility index (Phi) is 3.33. The number of nitriles is 1. The van der Waals surface area contributed by atoms with Crippen molar-refractivity contribution in [3.63, 3.8) is 0 Å². The van der Waals surface area contributed by atoms with Crippen molar-refractivity contribution < 1.29 is 9.13 Å². The first-order valence-corrected chi connectivity index (χ1v) is 6.53. The van der Waals surface area contributed by atoms with Gasteiger partial charge in [-0.1, -0.05) is 6.07 Å². The number of hydrogen-bond donors (Lipinski definition) is 0. The van der Waals surface area contributed by atoms with Gasteiger partial charge in [0.05, 0.1) is 30.8 Å². The molecule has 0 fully saturated rings. The van der Waals surface area contributed by atoms with E-state index in [4.69, 9.17) is 10.00 Å². The van der Waals surface area contributed by atoms with Crippen molar-refractivity contribution in [1.82, 2.24) is 4.57 Å². The van der Waals surface area contributed by atoms with Crippen molar-refractivity contribution in [3.05, 3.63) is 65.6 Å². The molecule has 0 amide bonds. The van der Waals surface area contributed by atoms with Crippen LogP contribution < -0.4 is 4.74 Å². The van der Waals surface area contributed by atoms with Gasteiger partial charge in [0.25, 0.3) is 0 Å². The molecule has 0 aliphatic carbocycles. The number of aromatic nitrogens is 1. The number of methoxy groups -OCH3 is 1. The van der Waals surface area contributed by atoms with Crippen LogP contribution in [0, 0.1) is 17.1 Å². The molecular formula is C17H13FN2O. The van der Waals surface area contributed by atoms with Gasteiger partial charge in [-0.2, -0.15) is 5.26 Å². The zero-order valence-electron chi connectivity index (χ0n) is 11.5. The van der Waals surface area contributed by atoms with Gasteiger partial charge in [0.2, 0.25) is 0 Å². The van der Waals surface area contributed by atoms with E-state index in [9.17, 15) is 4.39 Å². The highest BCUT2D eigenvalue weighted by molar-refractivity contribution is 5.80. The topological polar surface area (TPSA) is 37.9 Å². The molecule has 104 valence electrons. The number of hydrogen-bond acceptors (Lipinski definition) is 2. The standard InChI is InChI=1S/C17H13FN2O/c1-21-17-6-5-12(10-19)9-13(17)11-20-8-7-14-15(18)3-2-4-16(14)20/h2-9H,11H2,1H3. The largest absolute Gasteiger partial charge is 0.496 e. The molecule has 0 aliphatic rings. The van der Waals surface area contributed by atoms with E-state index in [1.54, 1.807) is 37.4 Å². The Bertz CT molecular complexity index is 846. The molecule has 0 spiro atoms. The van der Waals surface area contributed by atoms with Crippen LogP contribution in [0.3, 0.4) is 0 Å². The quantitative estimate of drug-likeness (QED) is 0.733. The lowest BCUT2D eigenvalue weighted by atomic mass is 10.1. The van der Waals surface area contributed by atoms with Gasteiger partial charge in [-0.3, -0.25) is 0 Å². The maximum absolute atomic E-state index is 13.7. The van der Waals surface area contributed by atoms with E-state index in [1.807, 2.05) is 16.8 Å². The Morgan fingerprint density at radius 1 is 1.24 bits per heavy atom. The van der Waals surface area contributed by atoms with Gasteiger partial charge in [0.15, 0.2) is 0 Å². The van der Waals surface area contributed by atoms with E-state index in [2.05, 4.69) is 6.07 Å². The first-order valence-electron chi connectivity index (χ1n) is 6.53. The van der Waals surface area contributed by atoms with Gasteiger partial charge in [-0.25, -0.2) is 4.39 Å². The second kappa shape index (κ2) is 5.29. The second-order valence-electron chi connectivity index (χ2n) is 4.75. The molecule has 3 nitrogen and oxygen atoms in total. The van der Waals surface area contributed by atoms with E-state index < -0.39 is 0 Å². The van der Waals surface area contributed by atoms with Crippen LogP contribution in [0.25, 0.3) is 10.9 Å². The Balaban J connectivity index is 2.06. The normalized spacial score (nSPS) is 10.5. The third-order valence-electron chi connectivity index (χ3n) is 3.51. The summed E-state index contributed by atoms with van der Waals surface area (Å²) in [7, 11) is 1.60. The first kappa shape index (κ1) is 13.2. The highest BCUT2D eigenvalue weighted by atomic mass is 19.1. The molecule has 1 heterocycles. The summed E-state index contributed by atoms with van der Waals surface area (Å²) in [4.78, 5) is 0. The molecule has 1 aromatic heterocycles. The van der Waals surface area contributed by atoms with Crippen LogP contribution in [0.4, 0.5) is 4.39 Å². The number of fused-ring (bicyclic) bond motifs is 1. The van der Waals surface area contributed by atoms with Gasteiger partial charge < -0.3 is 9.30 Å². The Morgan fingerprint density at radius 3 is 2.86 bits per heavy atom. The van der Waals surface area contributed by atoms with E-state index in [0.717, 1.165) is 11.1 Å². The maximum Gasteiger partial charge on any atom is 0.132 e. The van der Waals surface area contributed by atoms with Gasteiger partial charge >= 0.3 is 0 Å². The molecule has 4 heteroatoms. The average molecular weight is 280 g/mol. The Hall–Kier alpha value is -2.80. The number of nitrogens with zero attached hydrogens (tertiary/aromatic N) is 2. The molecule has 0 saturated heterocycles. The van der Waals surface area contributed by atoms with Crippen molar-refractivity contribution in [2.24, 2.45) is 0 Å². The lowest BCUT2D eigenvalue weighted by Gasteiger charge is -2.11. The summed E-state index contributed by atoms with van der Waals surface area (Å²) in [6.07, 6.45) is 1.84. The molecule has 3 rings (SSSR count). The smallest absolute Gasteiger partial charge is 0.132 e. The van der Waals surface area contributed by atoms with Crippen LogP contribution in [0.1, 0.15) is 11.1 Å². The Morgan fingerprint density at radius 2 is 2.10 bits per heavy atom. The summed E-state index contributed by atoms with van der Waals surface area (Å²) in [6, 6.07) is 14.2. The molecule has 0 atom stereocenters. The van der Waals surface area contributed by atoms with Gasteiger partial charge in [-0.05, 0) is 36.4 Å². The third-order valence-corrected chi connectivity index (χ3v) is 3.51. The molecular weight excluding hydrogens is 267 g/mol. The molecule has 0 saturated carbocycles. The van der Waals surface area contributed by atoms with Gasteiger partial charge in [-0.15, -0.1) is 0 Å². The minimum Gasteiger partial charge on any atom is -0.496 e. The summed E-state index contributed by atoms with van der Waals surface area (Å²) in [6.45, 7) is 0.519. The van der Waals surface area contributed by atoms with Gasteiger partial charge in [0.1, 0.15) is 11.6 Å². The highest BCUT2D eigenvalue weighted by Crippen LogP contribution is 2.24. The van der Waals surface area contributed by atoms with Crippen LogP contribution in [0.2, 0.25) is 0 Å². The highest BCUT2D eigenvalue weighted by Gasteiger charge is 2.09. The van der Waals surface area contributed by atoms with Crippen molar-refractivity contribution in [2.45, 2.75) is 6.54 Å². The van der Waals surface area contributed by atoms with E-state index >= 15 is 0 Å². The zero-order valence-corrected chi connectivity index (χ0v) is 11.5. The number of halogens is 1. The summed E-state index contributed by atoms with van der Waals surface area (Å²) in [5.41, 5.74) is 2.28. The predicted octanol–water partition coefficient (Wildman–Crippen LogP) is 3.71. The molecule has 0 N–H and O–H groups in total. The minimum atomic E-state index is -0.232. The fourth-order valence-electron chi connectivity index (χ4n) is 2.48. The van der Waals surface area contributed by atoms with Crippen molar-refractivity contribution >= 4 is 10.9 Å².